The molecule has 0 aromatic carbocycles. The van der Waals surface area contributed by atoms with Gasteiger partial charge in [-0.25, -0.2) is 4.98 Å². The van der Waals surface area contributed by atoms with E-state index in [1.54, 1.807) is 0 Å². The molecule has 1 aliphatic heterocycles. The van der Waals surface area contributed by atoms with E-state index < -0.39 is 0 Å². The van der Waals surface area contributed by atoms with Crippen molar-refractivity contribution in [3.63, 3.8) is 0 Å². The monoisotopic (exact) mass is 273 g/mol. The minimum atomic E-state index is 0.522. The van der Waals surface area contributed by atoms with Gasteiger partial charge in [0.05, 0.1) is 12.0 Å². The molecule has 1 aromatic rings. The fourth-order valence-corrected chi connectivity index (χ4v) is 5.22. The quantitative estimate of drug-likeness (QED) is 0.842. The van der Waals surface area contributed by atoms with Gasteiger partial charge in [0, 0.05) is 31.9 Å². The summed E-state index contributed by atoms with van der Waals surface area (Å²) in [4.78, 5) is 7.06. The van der Waals surface area contributed by atoms with Crippen LogP contribution in [0.1, 0.15) is 51.3 Å². The van der Waals surface area contributed by atoms with Gasteiger partial charge in [-0.1, -0.05) is 0 Å². The molecular weight excluding hydrogens is 246 g/mol. The normalized spacial score (nSPS) is 36.8. The molecule has 3 aliphatic carbocycles. The molecule has 0 N–H and O–H groups in total. The largest absolute Gasteiger partial charge is 0.331 e. The van der Waals surface area contributed by atoms with Crippen molar-refractivity contribution < 1.29 is 0 Å². The Morgan fingerprint density at radius 1 is 1.10 bits per heavy atom. The molecule has 0 amide bonds. The zero-order valence-corrected chi connectivity index (χ0v) is 12.8. The Labute approximate surface area is 122 Å². The van der Waals surface area contributed by atoms with Gasteiger partial charge in [-0.2, -0.15) is 0 Å². The molecule has 20 heavy (non-hydrogen) atoms. The molecule has 3 heteroatoms. The first-order valence-corrected chi connectivity index (χ1v) is 8.45. The third-order valence-electron chi connectivity index (χ3n) is 6.20. The highest BCUT2D eigenvalue weighted by Crippen LogP contribution is 2.51. The molecular formula is C17H27N3. The number of hydrogen-bond donors (Lipinski definition) is 0. The summed E-state index contributed by atoms with van der Waals surface area (Å²) in [6, 6.07) is 0.522. The Bertz CT molecular complexity index is 450. The summed E-state index contributed by atoms with van der Waals surface area (Å²) in [5.74, 6) is 4.12. The lowest BCUT2D eigenvalue weighted by Gasteiger charge is -2.45. The molecule has 0 radical (unpaired) electrons. The molecule has 0 spiro atoms. The van der Waals surface area contributed by atoms with Crippen LogP contribution in [0.5, 0.6) is 0 Å². The topological polar surface area (TPSA) is 21.1 Å². The lowest BCUT2D eigenvalue weighted by atomic mass is 9.60. The average molecular weight is 273 g/mol. The third-order valence-corrected chi connectivity index (χ3v) is 6.20. The lowest BCUT2D eigenvalue weighted by molar-refractivity contribution is 0.0577. The molecule has 1 aromatic heterocycles. The van der Waals surface area contributed by atoms with E-state index in [4.69, 9.17) is 0 Å². The first-order valence-electron chi connectivity index (χ1n) is 8.45. The van der Waals surface area contributed by atoms with Gasteiger partial charge in [0.2, 0.25) is 0 Å². The fourth-order valence-electron chi connectivity index (χ4n) is 5.22. The van der Waals surface area contributed by atoms with Crippen molar-refractivity contribution in [1.82, 2.24) is 14.5 Å². The Morgan fingerprint density at radius 3 is 2.25 bits per heavy atom. The predicted molar refractivity (Wildman–Crippen MR) is 80.3 cm³/mol. The number of fused-ring (bicyclic) bond motifs is 2. The molecule has 0 unspecified atom stereocenters. The third kappa shape index (κ3) is 2.02. The fraction of sp³-hybridized carbons (Fsp3) is 0.824. The summed E-state index contributed by atoms with van der Waals surface area (Å²) in [5.41, 5.74) is 1.39. The van der Waals surface area contributed by atoms with Crippen LogP contribution in [0.2, 0.25) is 0 Å². The van der Waals surface area contributed by atoms with Gasteiger partial charge < -0.3 is 4.57 Å². The maximum atomic E-state index is 4.35. The molecule has 3 saturated carbocycles. The second-order valence-electron chi connectivity index (χ2n) is 7.58. The van der Waals surface area contributed by atoms with E-state index in [0.717, 1.165) is 30.2 Å². The molecule has 5 rings (SSSR count). The van der Waals surface area contributed by atoms with Gasteiger partial charge in [0.1, 0.15) is 0 Å². The van der Waals surface area contributed by atoms with Crippen LogP contribution in [0.25, 0.3) is 0 Å². The van der Waals surface area contributed by atoms with Crippen LogP contribution in [0.15, 0.2) is 12.5 Å². The zero-order chi connectivity index (χ0) is 13.7. The summed E-state index contributed by atoms with van der Waals surface area (Å²) in [7, 11) is 0. The highest BCUT2D eigenvalue weighted by atomic mass is 15.2. The molecule has 4 fully saturated rings. The van der Waals surface area contributed by atoms with E-state index in [0.29, 0.717) is 6.04 Å². The maximum absolute atomic E-state index is 4.35. The van der Waals surface area contributed by atoms with Gasteiger partial charge in [-0.05, 0) is 63.2 Å². The number of imidazole rings is 1. The SMILES string of the molecule is CC(C)n1cncc1CN1C[C@@H]2C3CCC(CC3)[C@@H]2C1. The molecule has 2 atom stereocenters. The van der Waals surface area contributed by atoms with Crippen LogP contribution in [-0.2, 0) is 6.54 Å². The molecule has 4 aliphatic rings. The molecule has 110 valence electrons. The summed E-state index contributed by atoms with van der Waals surface area (Å²) in [6.45, 7) is 8.28. The molecule has 2 bridgehead atoms. The van der Waals surface area contributed by atoms with Crippen LogP contribution >= 0.6 is 0 Å². The first-order chi connectivity index (χ1) is 9.72. The van der Waals surface area contributed by atoms with Gasteiger partial charge >= 0.3 is 0 Å². The Balaban J connectivity index is 1.47. The number of likely N-dealkylation sites (tertiary alicyclic amines) is 1. The van der Waals surface area contributed by atoms with E-state index in [1.165, 1.54) is 44.5 Å². The number of aromatic nitrogens is 2. The van der Waals surface area contributed by atoms with Crippen LogP contribution < -0.4 is 0 Å². The van der Waals surface area contributed by atoms with E-state index in [9.17, 15) is 0 Å². The Kier molecular flexibility index (Phi) is 3.13. The van der Waals surface area contributed by atoms with Crippen molar-refractivity contribution in [1.29, 1.82) is 0 Å². The Hall–Kier alpha value is -0.830. The van der Waals surface area contributed by atoms with Gasteiger partial charge in [0.15, 0.2) is 0 Å². The Morgan fingerprint density at radius 2 is 1.70 bits per heavy atom. The van der Waals surface area contributed by atoms with Crippen molar-refractivity contribution in [3.05, 3.63) is 18.2 Å². The molecule has 3 nitrogen and oxygen atoms in total. The van der Waals surface area contributed by atoms with Crippen molar-refractivity contribution in [2.45, 2.75) is 52.1 Å². The van der Waals surface area contributed by atoms with E-state index >= 15 is 0 Å². The summed E-state index contributed by atoms with van der Waals surface area (Å²) in [6.07, 6.45) is 10.1. The van der Waals surface area contributed by atoms with Crippen LogP contribution in [0, 0.1) is 23.7 Å². The first kappa shape index (κ1) is 12.9. The molecule has 1 saturated heterocycles. The van der Waals surface area contributed by atoms with Crippen molar-refractivity contribution in [2.75, 3.05) is 13.1 Å². The number of nitrogens with zero attached hydrogens (tertiary/aromatic N) is 3. The summed E-state index contributed by atoms with van der Waals surface area (Å²) >= 11 is 0. The van der Waals surface area contributed by atoms with Gasteiger partial charge in [-0.15, -0.1) is 0 Å². The van der Waals surface area contributed by atoms with E-state index in [-0.39, 0.29) is 0 Å². The number of hydrogen-bond acceptors (Lipinski definition) is 2. The minimum absolute atomic E-state index is 0.522. The average Bonchev–Trinajstić information content (AvgIpc) is 3.07. The second kappa shape index (κ2) is 4.87. The highest BCUT2D eigenvalue weighted by Gasteiger charge is 2.47. The summed E-state index contributed by atoms with van der Waals surface area (Å²) < 4.78 is 2.33. The van der Waals surface area contributed by atoms with Crippen LogP contribution in [0.4, 0.5) is 0 Å². The number of rotatable bonds is 3. The van der Waals surface area contributed by atoms with E-state index in [1.807, 2.05) is 6.33 Å². The second-order valence-corrected chi connectivity index (χ2v) is 7.58. The zero-order valence-electron chi connectivity index (χ0n) is 12.8. The van der Waals surface area contributed by atoms with Gasteiger partial charge in [-0.3, -0.25) is 4.90 Å². The predicted octanol–water partition coefficient (Wildman–Crippen LogP) is 3.33. The van der Waals surface area contributed by atoms with Crippen LogP contribution in [0.3, 0.4) is 0 Å². The summed E-state index contributed by atoms with van der Waals surface area (Å²) in [5, 5.41) is 0. The standard InChI is InChI=1S/C17H27N3/c1-12(2)20-11-18-7-15(20)8-19-9-16-13-3-4-14(6-5-13)17(16)10-19/h7,11-14,16-17H,3-6,8-10H2,1-2H3/t13?,14?,16-,17+. The van der Waals surface area contributed by atoms with E-state index in [2.05, 4.69) is 34.5 Å². The van der Waals surface area contributed by atoms with Crippen molar-refractivity contribution >= 4 is 0 Å². The van der Waals surface area contributed by atoms with Gasteiger partial charge in [0.25, 0.3) is 0 Å². The highest BCUT2D eigenvalue weighted by molar-refractivity contribution is 5.04. The molecule has 2 heterocycles. The lowest BCUT2D eigenvalue weighted by Crippen LogP contribution is -2.38. The van der Waals surface area contributed by atoms with Crippen molar-refractivity contribution in [2.24, 2.45) is 23.7 Å². The minimum Gasteiger partial charge on any atom is -0.331 e. The smallest absolute Gasteiger partial charge is 0.0951 e. The maximum Gasteiger partial charge on any atom is 0.0951 e. The van der Waals surface area contributed by atoms with Crippen molar-refractivity contribution in [3.8, 4) is 0 Å². The van der Waals surface area contributed by atoms with Crippen LogP contribution in [-0.4, -0.2) is 27.5 Å².